The lowest BCUT2D eigenvalue weighted by atomic mass is 9.92. The normalized spacial score (nSPS) is 17.5. The maximum absolute atomic E-state index is 5.91. The quantitative estimate of drug-likeness (QED) is 0.669. The summed E-state index contributed by atoms with van der Waals surface area (Å²) in [5.41, 5.74) is 16.0. The van der Waals surface area contributed by atoms with Crippen molar-refractivity contribution in [2.45, 2.75) is 38.5 Å². The van der Waals surface area contributed by atoms with Crippen LogP contribution in [-0.4, -0.2) is 0 Å². The lowest BCUT2D eigenvalue weighted by molar-refractivity contribution is 0.719. The number of hydrogen-bond donors (Lipinski definition) is 2. The second-order valence-corrected chi connectivity index (χ2v) is 4.31. The van der Waals surface area contributed by atoms with Crippen molar-refractivity contribution in [2.24, 2.45) is 0 Å². The minimum absolute atomic E-state index is 0.695. The minimum atomic E-state index is 0.695. The lowest BCUT2D eigenvalue weighted by Crippen LogP contribution is -2.02. The minimum Gasteiger partial charge on any atom is -0.399 e. The van der Waals surface area contributed by atoms with Crippen molar-refractivity contribution in [1.82, 2.24) is 0 Å². The predicted molar refractivity (Wildman–Crippen MR) is 61.2 cm³/mol. The topological polar surface area (TPSA) is 52.0 Å². The van der Waals surface area contributed by atoms with Gasteiger partial charge in [0.15, 0.2) is 0 Å². The first-order valence-electron chi connectivity index (χ1n) is 5.34. The van der Waals surface area contributed by atoms with E-state index < -0.39 is 0 Å². The Balaban J connectivity index is 2.40. The third-order valence-corrected chi connectivity index (χ3v) is 3.31. The van der Waals surface area contributed by atoms with Crippen molar-refractivity contribution in [3.63, 3.8) is 0 Å². The van der Waals surface area contributed by atoms with Gasteiger partial charge in [0.1, 0.15) is 0 Å². The van der Waals surface area contributed by atoms with Crippen LogP contribution in [0.15, 0.2) is 12.1 Å². The van der Waals surface area contributed by atoms with Crippen LogP contribution in [0, 0.1) is 6.92 Å². The van der Waals surface area contributed by atoms with Crippen molar-refractivity contribution < 1.29 is 0 Å². The summed E-state index contributed by atoms with van der Waals surface area (Å²) in [7, 11) is 0. The highest BCUT2D eigenvalue weighted by atomic mass is 14.6. The molecule has 0 heterocycles. The van der Waals surface area contributed by atoms with E-state index in [1.54, 1.807) is 0 Å². The third-order valence-electron chi connectivity index (χ3n) is 3.31. The highest BCUT2D eigenvalue weighted by Crippen LogP contribution is 2.37. The van der Waals surface area contributed by atoms with Gasteiger partial charge >= 0.3 is 0 Å². The maximum Gasteiger partial charge on any atom is 0.0367 e. The number of nitrogen functional groups attached to an aromatic ring is 2. The van der Waals surface area contributed by atoms with Crippen LogP contribution in [-0.2, 0) is 0 Å². The molecule has 0 aliphatic heterocycles. The summed E-state index contributed by atoms with van der Waals surface area (Å²) in [5, 5.41) is 0. The predicted octanol–water partition coefficient (Wildman–Crippen LogP) is 2.82. The molecule has 0 unspecified atom stereocenters. The number of rotatable bonds is 1. The van der Waals surface area contributed by atoms with E-state index in [4.69, 9.17) is 11.5 Å². The van der Waals surface area contributed by atoms with Crippen LogP contribution in [0.2, 0.25) is 0 Å². The Morgan fingerprint density at radius 1 is 1.14 bits per heavy atom. The molecule has 1 aromatic carbocycles. The van der Waals surface area contributed by atoms with Crippen LogP contribution >= 0.6 is 0 Å². The van der Waals surface area contributed by atoms with E-state index in [1.165, 1.54) is 36.8 Å². The molecule has 0 saturated heterocycles. The van der Waals surface area contributed by atoms with Crippen LogP contribution in [0.5, 0.6) is 0 Å². The van der Waals surface area contributed by atoms with Crippen LogP contribution in [0.4, 0.5) is 11.4 Å². The first-order chi connectivity index (χ1) is 6.68. The Labute approximate surface area is 85.3 Å². The summed E-state index contributed by atoms with van der Waals surface area (Å²) in [6.07, 6.45) is 5.28. The summed E-state index contributed by atoms with van der Waals surface area (Å²) >= 11 is 0. The number of nitrogens with two attached hydrogens (primary N) is 2. The van der Waals surface area contributed by atoms with Crippen LogP contribution in [0.25, 0.3) is 0 Å². The molecule has 0 amide bonds. The molecule has 0 aromatic heterocycles. The monoisotopic (exact) mass is 190 g/mol. The van der Waals surface area contributed by atoms with Gasteiger partial charge in [0.05, 0.1) is 0 Å². The highest BCUT2D eigenvalue weighted by molar-refractivity contribution is 5.60. The van der Waals surface area contributed by atoms with Gasteiger partial charge in [-0.3, -0.25) is 0 Å². The fourth-order valence-corrected chi connectivity index (χ4v) is 2.44. The molecule has 4 N–H and O–H groups in total. The van der Waals surface area contributed by atoms with Crippen molar-refractivity contribution >= 4 is 11.4 Å². The molecule has 2 heteroatoms. The molecule has 76 valence electrons. The SMILES string of the molecule is Cc1c(N)cc(N)cc1C1CCCC1. The fourth-order valence-electron chi connectivity index (χ4n) is 2.44. The fraction of sp³-hybridized carbons (Fsp3) is 0.500. The molecule has 0 bridgehead atoms. The summed E-state index contributed by atoms with van der Waals surface area (Å²) in [6.45, 7) is 2.10. The summed E-state index contributed by atoms with van der Waals surface area (Å²) in [5.74, 6) is 0.695. The van der Waals surface area contributed by atoms with Gasteiger partial charge in [-0.2, -0.15) is 0 Å². The van der Waals surface area contributed by atoms with Crippen LogP contribution in [0.1, 0.15) is 42.7 Å². The summed E-state index contributed by atoms with van der Waals surface area (Å²) in [4.78, 5) is 0. The average Bonchev–Trinajstić information content (AvgIpc) is 2.63. The van der Waals surface area contributed by atoms with Gasteiger partial charge in [-0.1, -0.05) is 12.8 Å². The molecular formula is C12H18N2. The zero-order chi connectivity index (χ0) is 10.1. The van der Waals surface area contributed by atoms with Crippen LogP contribution in [0.3, 0.4) is 0 Å². The van der Waals surface area contributed by atoms with Gasteiger partial charge in [-0.15, -0.1) is 0 Å². The molecular weight excluding hydrogens is 172 g/mol. The number of hydrogen-bond acceptors (Lipinski definition) is 2. The van der Waals surface area contributed by atoms with Crippen molar-refractivity contribution in [3.05, 3.63) is 23.3 Å². The first kappa shape index (κ1) is 9.38. The Morgan fingerprint density at radius 3 is 2.43 bits per heavy atom. The Bertz CT molecular complexity index is 338. The lowest BCUT2D eigenvalue weighted by Gasteiger charge is -2.15. The smallest absolute Gasteiger partial charge is 0.0367 e. The zero-order valence-corrected chi connectivity index (χ0v) is 8.72. The zero-order valence-electron chi connectivity index (χ0n) is 8.72. The molecule has 0 radical (unpaired) electrons. The second kappa shape index (κ2) is 3.52. The van der Waals surface area contributed by atoms with Crippen molar-refractivity contribution in [1.29, 1.82) is 0 Å². The number of anilines is 2. The third kappa shape index (κ3) is 1.57. The molecule has 2 nitrogen and oxygen atoms in total. The number of benzene rings is 1. The van der Waals surface area contributed by atoms with Crippen molar-refractivity contribution in [2.75, 3.05) is 11.5 Å². The van der Waals surface area contributed by atoms with Crippen molar-refractivity contribution in [3.8, 4) is 0 Å². The van der Waals surface area contributed by atoms with Gasteiger partial charge in [-0.05, 0) is 48.9 Å². The van der Waals surface area contributed by atoms with Gasteiger partial charge in [-0.25, -0.2) is 0 Å². The van der Waals surface area contributed by atoms with Gasteiger partial charge in [0, 0.05) is 11.4 Å². The van der Waals surface area contributed by atoms with E-state index in [2.05, 4.69) is 13.0 Å². The highest BCUT2D eigenvalue weighted by Gasteiger charge is 2.19. The molecule has 1 aliphatic rings. The first-order valence-corrected chi connectivity index (χ1v) is 5.34. The van der Waals surface area contributed by atoms with Gasteiger partial charge < -0.3 is 11.5 Å². The second-order valence-electron chi connectivity index (χ2n) is 4.31. The van der Waals surface area contributed by atoms with E-state index >= 15 is 0 Å². The molecule has 1 fully saturated rings. The maximum atomic E-state index is 5.91. The van der Waals surface area contributed by atoms with Gasteiger partial charge in [0.2, 0.25) is 0 Å². The summed E-state index contributed by atoms with van der Waals surface area (Å²) in [6, 6.07) is 3.95. The molecule has 1 aromatic rings. The molecule has 0 atom stereocenters. The van der Waals surface area contributed by atoms with E-state index in [0.29, 0.717) is 5.92 Å². The molecule has 14 heavy (non-hydrogen) atoms. The largest absolute Gasteiger partial charge is 0.399 e. The Morgan fingerprint density at radius 2 is 1.79 bits per heavy atom. The van der Waals surface area contributed by atoms with Gasteiger partial charge in [0.25, 0.3) is 0 Å². The molecule has 0 spiro atoms. The van der Waals surface area contributed by atoms with E-state index in [0.717, 1.165) is 11.4 Å². The van der Waals surface area contributed by atoms with E-state index in [9.17, 15) is 0 Å². The average molecular weight is 190 g/mol. The molecule has 1 saturated carbocycles. The van der Waals surface area contributed by atoms with E-state index in [1.807, 2.05) is 6.07 Å². The van der Waals surface area contributed by atoms with E-state index in [-0.39, 0.29) is 0 Å². The molecule has 2 rings (SSSR count). The summed E-state index contributed by atoms with van der Waals surface area (Å²) < 4.78 is 0. The van der Waals surface area contributed by atoms with Crippen LogP contribution < -0.4 is 11.5 Å². The standard InChI is InChI=1S/C12H18N2/c1-8-11(9-4-2-3-5-9)6-10(13)7-12(8)14/h6-7,9H,2-5,13-14H2,1H3. The Kier molecular flexibility index (Phi) is 2.36. The Hall–Kier alpha value is -1.18. The molecule has 1 aliphatic carbocycles.